The van der Waals surface area contributed by atoms with Crippen molar-refractivity contribution >= 4 is 5.91 Å². The number of benzene rings is 1. The molecular weight excluding hydrogens is 276 g/mol. The summed E-state index contributed by atoms with van der Waals surface area (Å²) >= 11 is 0. The Morgan fingerprint density at radius 1 is 1.41 bits per heavy atom. The van der Waals surface area contributed by atoms with E-state index in [0.29, 0.717) is 17.8 Å². The van der Waals surface area contributed by atoms with Crippen LogP contribution in [0, 0.1) is 0 Å². The second kappa shape index (κ2) is 8.18. The van der Waals surface area contributed by atoms with Gasteiger partial charge in [0.15, 0.2) is 6.61 Å². The molecule has 1 aliphatic carbocycles. The van der Waals surface area contributed by atoms with E-state index in [0.717, 1.165) is 13.0 Å². The summed E-state index contributed by atoms with van der Waals surface area (Å²) in [5.74, 6) is 0.268. The number of hydrogen-bond acceptors (Lipinski definition) is 3. The predicted octanol–water partition coefficient (Wildman–Crippen LogP) is 3.09. The minimum Gasteiger partial charge on any atom is -0.484 e. The van der Waals surface area contributed by atoms with E-state index in [-0.39, 0.29) is 6.61 Å². The molecule has 1 atom stereocenters. The number of nitrogens with zero attached hydrogens (tertiary/aromatic N) is 1. The second-order valence-corrected chi connectivity index (χ2v) is 6.27. The fourth-order valence-electron chi connectivity index (χ4n) is 3.21. The van der Waals surface area contributed by atoms with Gasteiger partial charge in [0.25, 0.3) is 5.91 Å². The molecule has 4 heteroatoms. The maximum atomic E-state index is 10.8. The van der Waals surface area contributed by atoms with Crippen molar-refractivity contribution in [2.75, 3.05) is 6.61 Å². The molecular formula is C18H28N2O2. The van der Waals surface area contributed by atoms with E-state index in [4.69, 9.17) is 10.5 Å². The van der Waals surface area contributed by atoms with E-state index in [1.54, 1.807) is 0 Å². The Hall–Kier alpha value is -1.55. The quantitative estimate of drug-likeness (QED) is 0.803. The molecule has 0 bridgehead atoms. The monoisotopic (exact) mass is 304 g/mol. The minimum absolute atomic E-state index is 0.0683. The summed E-state index contributed by atoms with van der Waals surface area (Å²) in [6, 6.07) is 9.28. The first-order valence-corrected chi connectivity index (χ1v) is 8.36. The van der Waals surface area contributed by atoms with E-state index < -0.39 is 5.91 Å². The van der Waals surface area contributed by atoms with Crippen molar-refractivity contribution in [3.05, 3.63) is 29.8 Å². The minimum atomic E-state index is -0.447. The lowest BCUT2D eigenvalue weighted by Gasteiger charge is -2.34. The molecule has 1 amide bonds. The van der Waals surface area contributed by atoms with Gasteiger partial charge in [0.05, 0.1) is 0 Å². The number of hydrogen-bond donors (Lipinski definition) is 1. The number of amides is 1. The van der Waals surface area contributed by atoms with Crippen molar-refractivity contribution in [3.63, 3.8) is 0 Å². The Kier molecular flexibility index (Phi) is 6.25. The third kappa shape index (κ3) is 4.73. The highest BCUT2D eigenvalue weighted by molar-refractivity contribution is 5.75. The standard InChI is InChI=1S/C18H28N2O2/c1-3-14(2)20(16-8-4-5-9-16)12-15-7-6-10-17(11-15)22-13-18(19)21/h6-7,10-11,14,16H,3-5,8-9,12-13H2,1-2H3,(H2,19,21)/t14-/m0/s1. The van der Waals surface area contributed by atoms with E-state index in [2.05, 4.69) is 24.8 Å². The van der Waals surface area contributed by atoms with Gasteiger partial charge in [-0.05, 0) is 43.9 Å². The van der Waals surface area contributed by atoms with Crippen LogP contribution in [0.3, 0.4) is 0 Å². The zero-order valence-corrected chi connectivity index (χ0v) is 13.8. The molecule has 22 heavy (non-hydrogen) atoms. The molecule has 0 unspecified atom stereocenters. The van der Waals surface area contributed by atoms with Crippen LogP contribution in [0.25, 0.3) is 0 Å². The third-order valence-corrected chi connectivity index (χ3v) is 4.60. The number of carbonyl (C=O) groups excluding carboxylic acids is 1. The summed E-state index contributed by atoms with van der Waals surface area (Å²) < 4.78 is 5.41. The van der Waals surface area contributed by atoms with Gasteiger partial charge in [0.2, 0.25) is 0 Å². The Balaban J connectivity index is 2.05. The number of ether oxygens (including phenoxy) is 1. The Labute approximate surface area is 133 Å². The van der Waals surface area contributed by atoms with Gasteiger partial charge in [-0.3, -0.25) is 9.69 Å². The third-order valence-electron chi connectivity index (χ3n) is 4.60. The van der Waals surface area contributed by atoms with Crippen LogP contribution in [0.4, 0.5) is 0 Å². The normalized spacial score (nSPS) is 16.9. The van der Waals surface area contributed by atoms with Crippen molar-refractivity contribution in [1.82, 2.24) is 4.90 Å². The second-order valence-electron chi connectivity index (χ2n) is 6.27. The van der Waals surface area contributed by atoms with Gasteiger partial charge in [-0.2, -0.15) is 0 Å². The fourth-order valence-corrected chi connectivity index (χ4v) is 3.21. The zero-order valence-electron chi connectivity index (χ0n) is 13.8. The SMILES string of the molecule is CC[C@H](C)N(Cc1cccc(OCC(N)=O)c1)C1CCCC1. The van der Waals surface area contributed by atoms with Crippen LogP contribution in [-0.4, -0.2) is 29.5 Å². The summed E-state index contributed by atoms with van der Waals surface area (Å²) in [4.78, 5) is 13.5. The lowest BCUT2D eigenvalue weighted by atomic mass is 10.1. The molecule has 0 saturated heterocycles. The summed E-state index contributed by atoms with van der Waals surface area (Å²) in [5, 5.41) is 0. The molecule has 1 aliphatic rings. The Bertz CT molecular complexity index is 484. The highest BCUT2D eigenvalue weighted by Gasteiger charge is 2.25. The van der Waals surface area contributed by atoms with Crippen molar-refractivity contribution < 1.29 is 9.53 Å². The number of nitrogens with two attached hydrogens (primary N) is 1. The molecule has 0 spiro atoms. The Morgan fingerprint density at radius 2 is 2.14 bits per heavy atom. The molecule has 4 nitrogen and oxygen atoms in total. The maximum Gasteiger partial charge on any atom is 0.255 e. The molecule has 1 aromatic carbocycles. The smallest absolute Gasteiger partial charge is 0.255 e. The van der Waals surface area contributed by atoms with Crippen LogP contribution in [0.5, 0.6) is 5.75 Å². The average Bonchev–Trinajstić information content (AvgIpc) is 3.04. The molecule has 2 rings (SSSR count). The van der Waals surface area contributed by atoms with Crippen LogP contribution < -0.4 is 10.5 Å². The predicted molar refractivity (Wildman–Crippen MR) is 88.7 cm³/mol. The van der Waals surface area contributed by atoms with Gasteiger partial charge >= 0.3 is 0 Å². The number of carbonyl (C=O) groups is 1. The lowest BCUT2D eigenvalue weighted by Crippen LogP contribution is -2.39. The van der Waals surface area contributed by atoms with E-state index in [9.17, 15) is 4.79 Å². The Morgan fingerprint density at radius 3 is 2.77 bits per heavy atom. The van der Waals surface area contributed by atoms with Crippen LogP contribution in [-0.2, 0) is 11.3 Å². The van der Waals surface area contributed by atoms with Gasteiger partial charge in [-0.15, -0.1) is 0 Å². The molecule has 1 fully saturated rings. The highest BCUT2D eigenvalue weighted by Crippen LogP contribution is 2.28. The lowest BCUT2D eigenvalue weighted by molar-refractivity contribution is -0.119. The summed E-state index contributed by atoms with van der Waals surface area (Å²) in [7, 11) is 0. The van der Waals surface area contributed by atoms with E-state index >= 15 is 0 Å². The molecule has 0 aromatic heterocycles. The number of primary amides is 1. The molecule has 0 heterocycles. The van der Waals surface area contributed by atoms with Gasteiger partial charge in [-0.25, -0.2) is 0 Å². The van der Waals surface area contributed by atoms with Gasteiger partial charge < -0.3 is 10.5 Å². The summed E-state index contributed by atoms with van der Waals surface area (Å²) in [6.45, 7) is 5.43. The van der Waals surface area contributed by atoms with Crippen LogP contribution in [0.2, 0.25) is 0 Å². The average molecular weight is 304 g/mol. The summed E-state index contributed by atoms with van der Waals surface area (Å²) in [5.41, 5.74) is 6.36. The largest absolute Gasteiger partial charge is 0.484 e. The van der Waals surface area contributed by atoms with E-state index in [1.807, 2.05) is 18.2 Å². The molecule has 1 saturated carbocycles. The van der Waals surface area contributed by atoms with Crippen molar-refractivity contribution in [2.24, 2.45) is 5.73 Å². The first kappa shape index (κ1) is 16.8. The van der Waals surface area contributed by atoms with Gasteiger partial charge in [-0.1, -0.05) is 31.9 Å². The molecule has 122 valence electrons. The highest BCUT2D eigenvalue weighted by atomic mass is 16.5. The molecule has 1 aromatic rings. The van der Waals surface area contributed by atoms with Gasteiger partial charge in [0.1, 0.15) is 5.75 Å². The fraction of sp³-hybridized carbons (Fsp3) is 0.611. The summed E-state index contributed by atoms with van der Waals surface area (Å²) in [6.07, 6.45) is 6.47. The number of rotatable bonds is 8. The first-order valence-electron chi connectivity index (χ1n) is 8.36. The topological polar surface area (TPSA) is 55.6 Å². The molecule has 0 aliphatic heterocycles. The zero-order chi connectivity index (χ0) is 15.9. The molecule has 2 N–H and O–H groups in total. The van der Waals surface area contributed by atoms with E-state index in [1.165, 1.54) is 31.2 Å². The van der Waals surface area contributed by atoms with Crippen molar-refractivity contribution in [3.8, 4) is 5.75 Å². The van der Waals surface area contributed by atoms with Crippen molar-refractivity contribution in [1.29, 1.82) is 0 Å². The van der Waals surface area contributed by atoms with Crippen LogP contribution in [0.15, 0.2) is 24.3 Å². The van der Waals surface area contributed by atoms with Gasteiger partial charge in [0, 0.05) is 18.6 Å². The van der Waals surface area contributed by atoms with Crippen LogP contribution in [0.1, 0.15) is 51.5 Å². The van der Waals surface area contributed by atoms with Crippen molar-refractivity contribution in [2.45, 2.75) is 64.6 Å². The molecule has 0 radical (unpaired) electrons. The van der Waals surface area contributed by atoms with Crippen LogP contribution >= 0.6 is 0 Å². The first-order chi connectivity index (χ1) is 10.6. The maximum absolute atomic E-state index is 10.8.